The van der Waals surface area contributed by atoms with E-state index < -0.39 is 0 Å². The van der Waals surface area contributed by atoms with Crippen LogP contribution in [0.2, 0.25) is 0 Å². The molecule has 2 saturated heterocycles. The highest BCUT2D eigenvalue weighted by atomic mass is 16.5. The Kier molecular flexibility index (Phi) is 5.47. The second-order valence-electron chi connectivity index (χ2n) is 11.0. The lowest BCUT2D eigenvalue weighted by Crippen LogP contribution is -2.57. The molecule has 2 aliphatic carbocycles. The molecule has 0 bridgehead atoms. The number of hydrogen-bond acceptors (Lipinski definition) is 5. The zero-order valence-electron chi connectivity index (χ0n) is 19.1. The molecule has 0 amide bonds. The van der Waals surface area contributed by atoms with E-state index >= 15 is 0 Å². The van der Waals surface area contributed by atoms with E-state index in [9.17, 15) is 0 Å². The Morgan fingerprint density at radius 3 is 2.30 bits per heavy atom. The maximum atomic E-state index is 6.00. The Bertz CT molecular complexity index is 736. The van der Waals surface area contributed by atoms with Gasteiger partial charge >= 0.3 is 0 Å². The first-order valence-corrected chi connectivity index (χ1v) is 12.3. The zero-order chi connectivity index (χ0) is 20.9. The molecule has 2 atom stereocenters. The van der Waals surface area contributed by atoms with Crippen molar-refractivity contribution in [2.45, 2.75) is 96.4 Å². The fourth-order valence-electron chi connectivity index (χ4n) is 7.01. The Labute approximate surface area is 182 Å². The average molecular weight is 413 g/mol. The van der Waals surface area contributed by atoms with Crippen molar-refractivity contribution in [2.75, 3.05) is 23.3 Å². The number of ether oxygens (including phenoxy) is 1. The topological polar surface area (TPSA) is 63.4 Å². The highest BCUT2D eigenvalue weighted by Gasteiger charge is 2.51. The lowest BCUT2D eigenvalue weighted by Gasteiger charge is -2.57. The van der Waals surface area contributed by atoms with Gasteiger partial charge in [0, 0.05) is 25.2 Å². The van der Waals surface area contributed by atoms with Gasteiger partial charge in [0.2, 0.25) is 0 Å². The highest BCUT2D eigenvalue weighted by Crippen LogP contribution is 2.56. The lowest BCUT2D eigenvalue weighted by molar-refractivity contribution is -0.0654. The minimum Gasteiger partial charge on any atom is -0.381 e. The number of nitrogens with two attached hydrogens (primary N) is 1. The van der Waals surface area contributed by atoms with Crippen molar-refractivity contribution in [1.29, 1.82) is 0 Å². The number of aromatic nitrogens is 1. The quantitative estimate of drug-likeness (QED) is 0.763. The molecular weight excluding hydrogens is 372 g/mol. The molecule has 1 aromatic heterocycles. The summed E-state index contributed by atoms with van der Waals surface area (Å²) in [6.45, 7) is 8.90. The maximum absolute atomic E-state index is 6.00. The lowest BCUT2D eigenvalue weighted by atomic mass is 9.52. The Balaban J connectivity index is 1.13. The van der Waals surface area contributed by atoms with E-state index in [1.165, 1.54) is 57.1 Å². The smallest absolute Gasteiger partial charge is 0.128 e. The molecule has 4 aliphatic rings. The summed E-state index contributed by atoms with van der Waals surface area (Å²) in [5, 5.41) is 3.74. The number of hydrogen-bond donors (Lipinski definition) is 2. The van der Waals surface area contributed by atoms with Gasteiger partial charge < -0.3 is 20.7 Å². The minimum atomic E-state index is 0.424. The molecule has 4 fully saturated rings. The predicted octanol–water partition coefficient (Wildman–Crippen LogP) is 4.49. The van der Waals surface area contributed by atoms with Crippen LogP contribution in [0, 0.1) is 24.2 Å². The van der Waals surface area contributed by atoms with E-state index in [4.69, 9.17) is 15.5 Å². The largest absolute Gasteiger partial charge is 0.381 e. The van der Waals surface area contributed by atoms with Crippen molar-refractivity contribution in [3.63, 3.8) is 0 Å². The molecule has 30 heavy (non-hydrogen) atoms. The maximum Gasteiger partial charge on any atom is 0.128 e. The molecule has 2 unspecified atom stereocenters. The van der Waals surface area contributed by atoms with E-state index in [-0.39, 0.29) is 0 Å². The third-order valence-corrected chi connectivity index (χ3v) is 8.44. The molecule has 1 aromatic rings. The van der Waals surface area contributed by atoms with Crippen molar-refractivity contribution >= 4 is 11.5 Å². The van der Waals surface area contributed by atoms with Crippen LogP contribution >= 0.6 is 0 Å². The molecule has 5 nitrogen and oxygen atoms in total. The summed E-state index contributed by atoms with van der Waals surface area (Å²) in [5.74, 6) is 2.84. The molecular formula is C25H40N4O. The van der Waals surface area contributed by atoms with E-state index in [0.29, 0.717) is 29.7 Å². The number of nitrogens with one attached hydrogen (secondary N) is 1. The van der Waals surface area contributed by atoms with Crippen molar-refractivity contribution < 1.29 is 4.74 Å². The Morgan fingerprint density at radius 1 is 1.03 bits per heavy atom. The second-order valence-corrected chi connectivity index (χ2v) is 11.0. The van der Waals surface area contributed by atoms with E-state index in [1.807, 2.05) is 0 Å². The van der Waals surface area contributed by atoms with Gasteiger partial charge in [0.15, 0.2) is 0 Å². The molecule has 5 heteroatoms. The molecule has 0 radical (unpaired) electrons. The van der Waals surface area contributed by atoms with Gasteiger partial charge in [-0.05, 0) is 102 Å². The predicted molar refractivity (Wildman–Crippen MR) is 123 cm³/mol. The molecule has 5 rings (SSSR count). The summed E-state index contributed by atoms with van der Waals surface area (Å²) >= 11 is 0. The molecule has 1 spiro atoms. The van der Waals surface area contributed by atoms with Crippen molar-refractivity contribution in [1.82, 2.24) is 4.98 Å². The minimum absolute atomic E-state index is 0.424. The average Bonchev–Trinajstić information content (AvgIpc) is 2.66. The zero-order valence-corrected chi connectivity index (χ0v) is 19.1. The van der Waals surface area contributed by atoms with Crippen LogP contribution < -0.4 is 16.0 Å². The molecule has 3 heterocycles. The van der Waals surface area contributed by atoms with Crippen LogP contribution in [0.4, 0.5) is 11.5 Å². The van der Waals surface area contributed by atoms with Crippen LogP contribution in [-0.2, 0) is 4.74 Å². The van der Waals surface area contributed by atoms with Crippen molar-refractivity contribution in [3.8, 4) is 0 Å². The van der Waals surface area contributed by atoms with E-state index in [0.717, 1.165) is 36.4 Å². The van der Waals surface area contributed by atoms with Crippen molar-refractivity contribution in [2.24, 2.45) is 23.0 Å². The molecule has 2 aliphatic heterocycles. The van der Waals surface area contributed by atoms with Gasteiger partial charge in [0.05, 0.1) is 23.6 Å². The van der Waals surface area contributed by atoms with Crippen LogP contribution in [0.5, 0.6) is 0 Å². The van der Waals surface area contributed by atoms with Gasteiger partial charge in [-0.3, -0.25) is 0 Å². The van der Waals surface area contributed by atoms with Gasteiger partial charge in [-0.15, -0.1) is 0 Å². The summed E-state index contributed by atoms with van der Waals surface area (Å²) in [6.07, 6.45) is 10.9. The van der Waals surface area contributed by atoms with Crippen LogP contribution in [0.3, 0.4) is 0 Å². The number of piperidine rings is 1. The first-order valence-electron chi connectivity index (χ1n) is 12.3. The number of aryl methyl sites for hydroxylation is 1. The summed E-state index contributed by atoms with van der Waals surface area (Å²) in [6, 6.07) is 5.53. The van der Waals surface area contributed by atoms with Crippen molar-refractivity contribution in [3.05, 3.63) is 17.8 Å². The Hall–Kier alpha value is -1.33. The number of pyridine rings is 1. The standard InChI is InChI=1S/C25H40N4O/c1-16-10-20(11-17(2)30-16)19-6-8-29(9-7-19)24-5-4-23(18(3)27-24)28-22-14-25(15-22)12-21(26)13-25/h4-5,16-17,19-22,28H,6-15,26H2,1-3H3. The van der Waals surface area contributed by atoms with Gasteiger partial charge in [-0.2, -0.15) is 0 Å². The molecule has 166 valence electrons. The fourth-order valence-corrected chi connectivity index (χ4v) is 7.01. The van der Waals surface area contributed by atoms with Crippen LogP contribution in [0.1, 0.15) is 70.9 Å². The monoisotopic (exact) mass is 412 g/mol. The number of anilines is 2. The molecule has 2 saturated carbocycles. The second kappa shape index (κ2) is 7.98. The normalized spacial score (nSPS) is 39.5. The third kappa shape index (κ3) is 4.08. The third-order valence-electron chi connectivity index (χ3n) is 8.44. The molecule has 3 N–H and O–H groups in total. The first-order chi connectivity index (χ1) is 14.4. The van der Waals surface area contributed by atoms with Gasteiger partial charge in [-0.25, -0.2) is 4.98 Å². The first kappa shape index (κ1) is 20.6. The number of rotatable bonds is 4. The summed E-state index contributed by atoms with van der Waals surface area (Å²) in [7, 11) is 0. The van der Waals surface area contributed by atoms with Gasteiger partial charge in [0.1, 0.15) is 5.82 Å². The Morgan fingerprint density at radius 2 is 1.70 bits per heavy atom. The van der Waals surface area contributed by atoms with Gasteiger partial charge in [-0.1, -0.05) is 0 Å². The van der Waals surface area contributed by atoms with Crippen LogP contribution in [0.15, 0.2) is 12.1 Å². The SMILES string of the molecule is Cc1nc(N2CCC(C3CC(C)OC(C)C3)CC2)ccc1NC1CC2(CC(N)C2)C1. The van der Waals surface area contributed by atoms with E-state index in [1.54, 1.807) is 0 Å². The summed E-state index contributed by atoms with van der Waals surface area (Å²) in [5.41, 5.74) is 8.91. The van der Waals surface area contributed by atoms with E-state index in [2.05, 4.69) is 43.1 Å². The van der Waals surface area contributed by atoms with Crippen LogP contribution in [-0.4, -0.2) is 42.4 Å². The highest BCUT2D eigenvalue weighted by molar-refractivity contribution is 5.54. The summed E-state index contributed by atoms with van der Waals surface area (Å²) < 4.78 is 5.96. The van der Waals surface area contributed by atoms with Gasteiger partial charge in [0.25, 0.3) is 0 Å². The van der Waals surface area contributed by atoms with Crippen LogP contribution in [0.25, 0.3) is 0 Å². The fraction of sp³-hybridized carbons (Fsp3) is 0.800. The molecule has 0 aromatic carbocycles. The summed E-state index contributed by atoms with van der Waals surface area (Å²) in [4.78, 5) is 7.47. The number of nitrogens with zero attached hydrogens (tertiary/aromatic N) is 2.